The van der Waals surface area contributed by atoms with E-state index in [1.807, 2.05) is 24.5 Å². The van der Waals surface area contributed by atoms with E-state index in [1.54, 1.807) is 0 Å². The van der Waals surface area contributed by atoms with Gasteiger partial charge in [0.2, 0.25) is 0 Å². The van der Waals surface area contributed by atoms with Crippen molar-refractivity contribution >= 4 is 10.8 Å². The number of fused-ring (bicyclic) bond motifs is 5. The Morgan fingerprint density at radius 1 is 0.941 bits per heavy atom. The fourth-order valence-corrected chi connectivity index (χ4v) is 2.59. The molecule has 0 amide bonds. The molecule has 2 heteroatoms. The van der Waals surface area contributed by atoms with Gasteiger partial charge in [0, 0.05) is 29.8 Å². The highest BCUT2D eigenvalue weighted by Gasteiger charge is 2.22. The zero-order valence-electron chi connectivity index (χ0n) is 9.22. The SMILES string of the molecule is c1cnc2c(c1)Cc1ncc3ccccc3c1-2. The molecular weight excluding hydrogens is 208 g/mol. The Bertz CT molecular complexity index is 732. The Balaban J connectivity index is 2.17. The molecule has 0 spiro atoms. The number of aromatic nitrogens is 2. The highest BCUT2D eigenvalue weighted by molar-refractivity contribution is 5.98. The maximum Gasteiger partial charge on any atom is 0.0762 e. The summed E-state index contributed by atoms with van der Waals surface area (Å²) in [6, 6.07) is 12.5. The van der Waals surface area contributed by atoms with E-state index in [-0.39, 0.29) is 0 Å². The lowest BCUT2D eigenvalue weighted by atomic mass is 10.1. The van der Waals surface area contributed by atoms with E-state index in [2.05, 4.69) is 34.2 Å². The first-order valence-electron chi connectivity index (χ1n) is 5.74. The van der Waals surface area contributed by atoms with E-state index in [1.165, 1.54) is 21.9 Å². The number of nitrogens with zero attached hydrogens (tertiary/aromatic N) is 2. The summed E-state index contributed by atoms with van der Waals surface area (Å²) in [5, 5.41) is 2.44. The van der Waals surface area contributed by atoms with Crippen molar-refractivity contribution in [1.29, 1.82) is 0 Å². The first-order chi connectivity index (χ1) is 8.43. The summed E-state index contributed by atoms with van der Waals surface area (Å²) < 4.78 is 0. The van der Waals surface area contributed by atoms with Gasteiger partial charge in [-0.1, -0.05) is 30.3 Å². The summed E-state index contributed by atoms with van der Waals surface area (Å²) in [6.07, 6.45) is 4.72. The summed E-state index contributed by atoms with van der Waals surface area (Å²) in [5.41, 5.74) is 4.76. The quantitative estimate of drug-likeness (QED) is 0.453. The van der Waals surface area contributed by atoms with Crippen LogP contribution in [0.1, 0.15) is 11.3 Å². The van der Waals surface area contributed by atoms with Gasteiger partial charge in [-0.15, -0.1) is 0 Å². The van der Waals surface area contributed by atoms with Crippen LogP contribution in [0.2, 0.25) is 0 Å². The van der Waals surface area contributed by atoms with Crippen LogP contribution in [0.5, 0.6) is 0 Å². The van der Waals surface area contributed by atoms with Crippen LogP contribution in [-0.4, -0.2) is 9.97 Å². The lowest BCUT2D eigenvalue weighted by molar-refractivity contribution is 1.13. The molecule has 1 aliphatic carbocycles. The van der Waals surface area contributed by atoms with Crippen molar-refractivity contribution in [3.05, 3.63) is 60.0 Å². The zero-order valence-corrected chi connectivity index (χ0v) is 9.22. The Morgan fingerprint density at radius 2 is 1.88 bits per heavy atom. The van der Waals surface area contributed by atoms with Gasteiger partial charge in [0.25, 0.3) is 0 Å². The lowest BCUT2D eigenvalue weighted by Gasteiger charge is -2.04. The topological polar surface area (TPSA) is 25.8 Å². The van der Waals surface area contributed by atoms with Gasteiger partial charge in [-0.25, -0.2) is 0 Å². The molecule has 0 bridgehead atoms. The smallest absolute Gasteiger partial charge is 0.0762 e. The van der Waals surface area contributed by atoms with Crippen LogP contribution in [0.3, 0.4) is 0 Å². The normalized spacial score (nSPS) is 12.5. The first kappa shape index (κ1) is 8.88. The van der Waals surface area contributed by atoms with Crippen molar-refractivity contribution < 1.29 is 0 Å². The van der Waals surface area contributed by atoms with E-state index in [0.29, 0.717) is 0 Å². The fraction of sp³-hybridized carbons (Fsp3) is 0.0667. The lowest BCUT2D eigenvalue weighted by Crippen LogP contribution is -1.87. The Kier molecular flexibility index (Phi) is 1.64. The molecule has 2 aromatic heterocycles. The second-order valence-electron chi connectivity index (χ2n) is 4.36. The molecule has 17 heavy (non-hydrogen) atoms. The van der Waals surface area contributed by atoms with Gasteiger partial charge in [-0.05, 0) is 17.0 Å². The van der Waals surface area contributed by atoms with Crippen LogP contribution < -0.4 is 0 Å². The molecule has 0 aliphatic heterocycles. The van der Waals surface area contributed by atoms with Crippen LogP contribution in [0.4, 0.5) is 0 Å². The zero-order chi connectivity index (χ0) is 11.2. The summed E-state index contributed by atoms with van der Waals surface area (Å²) in [4.78, 5) is 9.07. The highest BCUT2D eigenvalue weighted by atomic mass is 14.7. The molecule has 0 fully saturated rings. The number of rotatable bonds is 0. The summed E-state index contributed by atoms with van der Waals surface area (Å²) in [7, 11) is 0. The van der Waals surface area contributed by atoms with Crippen LogP contribution in [0.25, 0.3) is 22.0 Å². The second kappa shape index (κ2) is 3.14. The highest BCUT2D eigenvalue weighted by Crippen LogP contribution is 2.38. The van der Waals surface area contributed by atoms with Crippen LogP contribution >= 0.6 is 0 Å². The van der Waals surface area contributed by atoms with E-state index in [0.717, 1.165) is 17.8 Å². The average Bonchev–Trinajstić information content (AvgIpc) is 2.77. The monoisotopic (exact) mass is 218 g/mol. The predicted octanol–water partition coefficient (Wildman–Crippen LogP) is 3.20. The van der Waals surface area contributed by atoms with Gasteiger partial charge >= 0.3 is 0 Å². The standard InChI is InChI=1S/C15H10N2/c1-2-6-12-11(4-1)9-17-13-8-10-5-3-7-16-15(10)14(12)13/h1-7,9H,8H2. The van der Waals surface area contributed by atoms with Gasteiger partial charge in [-0.2, -0.15) is 0 Å². The molecule has 3 aromatic rings. The van der Waals surface area contributed by atoms with Crippen LogP contribution in [-0.2, 0) is 6.42 Å². The van der Waals surface area contributed by atoms with Crippen molar-refractivity contribution in [2.45, 2.75) is 6.42 Å². The third-order valence-corrected chi connectivity index (χ3v) is 3.36. The van der Waals surface area contributed by atoms with E-state index in [9.17, 15) is 0 Å². The number of hydrogen-bond donors (Lipinski definition) is 0. The Labute approximate surface area is 99.0 Å². The fourth-order valence-electron chi connectivity index (χ4n) is 2.59. The molecule has 0 N–H and O–H groups in total. The average molecular weight is 218 g/mol. The van der Waals surface area contributed by atoms with Crippen molar-refractivity contribution in [3.63, 3.8) is 0 Å². The maximum absolute atomic E-state index is 4.56. The van der Waals surface area contributed by atoms with Crippen molar-refractivity contribution in [1.82, 2.24) is 9.97 Å². The number of pyridine rings is 2. The molecular formula is C15H10N2. The van der Waals surface area contributed by atoms with Crippen molar-refractivity contribution in [2.75, 3.05) is 0 Å². The van der Waals surface area contributed by atoms with E-state index < -0.39 is 0 Å². The molecule has 1 aliphatic rings. The van der Waals surface area contributed by atoms with Gasteiger partial charge in [-0.3, -0.25) is 9.97 Å². The molecule has 0 saturated heterocycles. The summed E-state index contributed by atoms with van der Waals surface area (Å²) in [6.45, 7) is 0. The third-order valence-electron chi connectivity index (χ3n) is 3.36. The molecule has 1 aromatic carbocycles. The number of benzene rings is 1. The molecule has 0 unspecified atom stereocenters. The number of hydrogen-bond acceptors (Lipinski definition) is 2. The molecule has 4 rings (SSSR count). The maximum atomic E-state index is 4.56. The molecule has 2 nitrogen and oxygen atoms in total. The molecule has 0 saturated carbocycles. The minimum absolute atomic E-state index is 0.906. The first-order valence-corrected chi connectivity index (χ1v) is 5.74. The van der Waals surface area contributed by atoms with E-state index >= 15 is 0 Å². The molecule has 2 heterocycles. The van der Waals surface area contributed by atoms with Crippen molar-refractivity contribution in [2.24, 2.45) is 0 Å². The molecule has 0 radical (unpaired) electrons. The summed E-state index contributed by atoms with van der Waals surface area (Å²) in [5.74, 6) is 0. The second-order valence-corrected chi connectivity index (χ2v) is 4.36. The molecule has 80 valence electrons. The minimum Gasteiger partial charge on any atom is -0.260 e. The summed E-state index contributed by atoms with van der Waals surface area (Å²) >= 11 is 0. The van der Waals surface area contributed by atoms with Gasteiger partial charge in [0.15, 0.2) is 0 Å². The van der Waals surface area contributed by atoms with Crippen molar-refractivity contribution in [3.8, 4) is 11.3 Å². The Hall–Kier alpha value is -2.22. The third kappa shape index (κ3) is 1.15. The minimum atomic E-state index is 0.906. The van der Waals surface area contributed by atoms with E-state index in [4.69, 9.17) is 0 Å². The van der Waals surface area contributed by atoms with Gasteiger partial charge in [0.05, 0.1) is 11.4 Å². The van der Waals surface area contributed by atoms with Crippen LogP contribution in [0, 0.1) is 0 Å². The predicted molar refractivity (Wildman–Crippen MR) is 67.8 cm³/mol. The van der Waals surface area contributed by atoms with Gasteiger partial charge < -0.3 is 0 Å². The molecule has 0 atom stereocenters. The van der Waals surface area contributed by atoms with Gasteiger partial charge in [0.1, 0.15) is 0 Å². The Morgan fingerprint density at radius 3 is 2.88 bits per heavy atom. The largest absolute Gasteiger partial charge is 0.260 e. The van der Waals surface area contributed by atoms with Crippen LogP contribution in [0.15, 0.2) is 48.8 Å².